The van der Waals surface area contributed by atoms with Crippen LogP contribution in [0.4, 0.5) is 35.0 Å². The van der Waals surface area contributed by atoms with E-state index in [0.717, 1.165) is 0 Å². The van der Waals surface area contributed by atoms with Crippen molar-refractivity contribution >= 4 is 29.1 Å². The summed E-state index contributed by atoms with van der Waals surface area (Å²) in [5.74, 6) is -0.461. The molecule has 0 bridgehead atoms. The summed E-state index contributed by atoms with van der Waals surface area (Å²) < 4.78 is 54.5. The standard InChI is InChI=1S/C15H18ClF4N7/c1-21-13-8(15(18,19)20)5-22-14(25-13)24-10-6-23-27(12(10)16)11-3-4-26(2)7-9(11)17/h5-6,9,11H,3-4,7H2,1-2H3,(H2,21,22,24,25)/t9-,11-/m1/s1. The minimum absolute atomic E-state index is 0.0889. The highest BCUT2D eigenvalue weighted by atomic mass is 35.5. The Morgan fingerprint density at radius 3 is 2.67 bits per heavy atom. The number of halogens is 5. The summed E-state index contributed by atoms with van der Waals surface area (Å²) in [4.78, 5) is 9.37. The molecule has 2 atom stereocenters. The molecular weight excluding hydrogens is 390 g/mol. The van der Waals surface area contributed by atoms with Crippen LogP contribution in [-0.4, -0.2) is 58.0 Å². The molecule has 2 aromatic rings. The molecule has 1 aliphatic rings. The van der Waals surface area contributed by atoms with Gasteiger partial charge in [-0.15, -0.1) is 0 Å². The topological polar surface area (TPSA) is 70.9 Å². The van der Waals surface area contributed by atoms with Gasteiger partial charge >= 0.3 is 6.18 Å². The summed E-state index contributed by atoms with van der Waals surface area (Å²) in [6, 6.07) is -0.509. The number of hydrogen-bond acceptors (Lipinski definition) is 6. The summed E-state index contributed by atoms with van der Waals surface area (Å²) in [5.41, 5.74) is -0.700. The van der Waals surface area contributed by atoms with Crippen molar-refractivity contribution in [2.45, 2.75) is 24.8 Å². The van der Waals surface area contributed by atoms with Crippen molar-refractivity contribution in [2.24, 2.45) is 0 Å². The molecule has 7 nitrogen and oxygen atoms in total. The monoisotopic (exact) mass is 407 g/mol. The third kappa shape index (κ3) is 4.08. The van der Waals surface area contributed by atoms with E-state index in [2.05, 4.69) is 25.7 Å². The number of rotatable bonds is 4. The number of nitrogens with one attached hydrogen (secondary N) is 2. The van der Waals surface area contributed by atoms with E-state index in [1.54, 1.807) is 0 Å². The minimum atomic E-state index is -4.58. The van der Waals surface area contributed by atoms with Crippen LogP contribution in [0.15, 0.2) is 12.4 Å². The fourth-order valence-electron chi connectivity index (χ4n) is 2.94. The zero-order chi connectivity index (χ0) is 19.8. The zero-order valence-corrected chi connectivity index (χ0v) is 15.3. The molecule has 1 fully saturated rings. The lowest BCUT2D eigenvalue weighted by molar-refractivity contribution is -0.137. The Kier molecular flexibility index (Phi) is 5.43. The maximum absolute atomic E-state index is 14.3. The van der Waals surface area contributed by atoms with Gasteiger partial charge in [-0.25, -0.2) is 14.1 Å². The number of aromatic nitrogens is 4. The molecule has 0 saturated carbocycles. The first-order valence-electron chi connectivity index (χ1n) is 8.15. The van der Waals surface area contributed by atoms with E-state index in [4.69, 9.17) is 11.6 Å². The average molecular weight is 408 g/mol. The number of nitrogens with zero attached hydrogens (tertiary/aromatic N) is 5. The molecule has 3 heterocycles. The quantitative estimate of drug-likeness (QED) is 0.757. The van der Waals surface area contributed by atoms with Crippen LogP contribution in [0.5, 0.6) is 0 Å². The minimum Gasteiger partial charge on any atom is -0.372 e. The number of likely N-dealkylation sites (tertiary alicyclic amines) is 1. The number of anilines is 3. The van der Waals surface area contributed by atoms with Crippen LogP contribution in [0.3, 0.4) is 0 Å². The van der Waals surface area contributed by atoms with Gasteiger partial charge in [0.05, 0.1) is 17.9 Å². The van der Waals surface area contributed by atoms with Gasteiger partial charge in [-0.2, -0.15) is 23.3 Å². The Balaban J connectivity index is 1.82. The van der Waals surface area contributed by atoms with Crippen molar-refractivity contribution in [2.75, 3.05) is 37.8 Å². The fourth-order valence-corrected chi connectivity index (χ4v) is 3.21. The highest BCUT2D eigenvalue weighted by Gasteiger charge is 2.35. The second kappa shape index (κ2) is 7.47. The second-order valence-electron chi connectivity index (χ2n) is 6.26. The molecule has 12 heteroatoms. The molecule has 0 amide bonds. The lowest BCUT2D eigenvalue weighted by Gasteiger charge is -2.32. The molecule has 1 aliphatic heterocycles. The third-order valence-corrected chi connectivity index (χ3v) is 4.71. The van der Waals surface area contributed by atoms with E-state index in [1.807, 2.05) is 11.9 Å². The van der Waals surface area contributed by atoms with Gasteiger partial charge in [0, 0.05) is 26.3 Å². The maximum atomic E-state index is 14.3. The fraction of sp³-hybridized carbons (Fsp3) is 0.533. The van der Waals surface area contributed by atoms with Crippen molar-refractivity contribution in [3.05, 3.63) is 23.1 Å². The smallest absolute Gasteiger partial charge is 0.372 e. The van der Waals surface area contributed by atoms with Crippen LogP contribution in [0.1, 0.15) is 18.0 Å². The van der Waals surface area contributed by atoms with Gasteiger partial charge in [0.2, 0.25) is 5.95 Å². The Hall–Kier alpha value is -2.14. The van der Waals surface area contributed by atoms with Gasteiger partial charge in [0.25, 0.3) is 0 Å². The summed E-state index contributed by atoms with van der Waals surface area (Å²) >= 11 is 6.29. The molecule has 2 N–H and O–H groups in total. The first-order valence-corrected chi connectivity index (χ1v) is 8.53. The molecule has 0 aliphatic carbocycles. The highest BCUT2D eigenvalue weighted by Crippen LogP contribution is 2.35. The number of piperidine rings is 1. The largest absolute Gasteiger partial charge is 0.421 e. The third-order valence-electron chi connectivity index (χ3n) is 4.34. The summed E-state index contributed by atoms with van der Waals surface area (Å²) in [5, 5.41) is 9.38. The number of hydrogen-bond donors (Lipinski definition) is 2. The Bertz CT molecular complexity index is 810. The Morgan fingerprint density at radius 1 is 1.30 bits per heavy atom. The number of alkyl halides is 4. The summed E-state index contributed by atoms with van der Waals surface area (Å²) in [7, 11) is 3.16. The molecule has 0 spiro atoms. The predicted molar refractivity (Wildman–Crippen MR) is 93.1 cm³/mol. The van der Waals surface area contributed by atoms with Crippen LogP contribution in [0.2, 0.25) is 5.15 Å². The summed E-state index contributed by atoms with van der Waals surface area (Å²) in [6.07, 6.45) is -3.13. The predicted octanol–water partition coefficient (Wildman–Crippen LogP) is 3.35. The van der Waals surface area contributed by atoms with Crippen LogP contribution in [0.25, 0.3) is 0 Å². The van der Waals surface area contributed by atoms with Crippen molar-refractivity contribution < 1.29 is 17.6 Å². The second-order valence-corrected chi connectivity index (χ2v) is 6.61. The molecule has 0 radical (unpaired) electrons. The highest BCUT2D eigenvalue weighted by molar-refractivity contribution is 6.32. The van der Waals surface area contributed by atoms with Gasteiger partial charge < -0.3 is 15.5 Å². The summed E-state index contributed by atoms with van der Waals surface area (Å²) in [6.45, 7) is 0.981. The molecular formula is C15H18ClF4N7. The lowest BCUT2D eigenvalue weighted by atomic mass is 10.0. The SMILES string of the molecule is CNc1nc(Nc2cnn([C@@H]3CCN(C)C[C@H]3F)c2Cl)ncc1C(F)(F)F. The Labute approximate surface area is 157 Å². The lowest BCUT2D eigenvalue weighted by Crippen LogP contribution is -2.40. The maximum Gasteiger partial charge on any atom is 0.421 e. The van der Waals surface area contributed by atoms with Crippen LogP contribution in [0, 0.1) is 0 Å². The van der Waals surface area contributed by atoms with Crippen molar-refractivity contribution in [3.8, 4) is 0 Å². The van der Waals surface area contributed by atoms with Crippen molar-refractivity contribution in [3.63, 3.8) is 0 Å². The molecule has 3 rings (SSSR count). The first kappa shape index (κ1) is 19.6. The van der Waals surface area contributed by atoms with Gasteiger partial charge in [-0.05, 0) is 13.5 Å². The van der Waals surface area contributed by atoms with Gasteiger partial charge in [0.1, 0.15) is 17.6 Å². The molecule has 2 aromatic heterocycles. The zero-order valence-electron chi connectivity index (χ0n) is 14.6. The van der Waals surface area contributed by atoms with E-state index in [-0.39, 0.29) is 29.2 Å². The molecule has 148 valence electrons. The van der Waals surface area contributed by atoms with E-state index < -0.39 is 24.0 Å². The van der Waals surface area contributed by atoms with E-state index in [9.17, 15) is 17.6 Å². The van der Waals surface area contributed by atoms with Gasteiger partial charge in [-0.1, -0.05) is 11.6 Å². The normalized spacial score (nSPS) is 21.3. The van der Waals surface area contributed by atoms with E-state index >= 15 is 0 Å². The van der Waals surface area contributed by atoms with Crippen LogP contribution < -0.4 is 10.6 Å². The van der Waals surface area contributed by atoms with Crippen LogP contribution >= 0.6 is 11.6 Å². The average Bonchev–Trinajstić information content (AvgIpc) is 2.94. The van der Waals surface area contributed by atoms with Gasteiger partial charge in [-0.3, -0.25) is 0 Å². The molecule has 1 saturated heterocycles. The van der Waals surface area contributed by atoms with Crippen LogP contribution in [-0.2, 0) is 6.18 Å². The van der Waals surface area contributed by atoms with E-state index in [0.29, 0.717) is 19.2 Å². The first-order chi connectivity index (χ1) is 12.7. The van der Waals surface area contributed by atoms with Crippen molar-refractivity contribution in [1.29, 1.82) is 0 Å². The van der Waals surface area contributed by atoms with Crippen molar-refractivity contribution in [1.82, 2.24) is 24.6 Å². The Morgan fingerprint density at radius 2 is 2.04 bits per heavy atom. The molecule has 0 aromatic carbocycles. The van der Waals surface area contributed by atoms with E-state index in [1.165, 1.54) is 17.9 Å². The van der Waals surface area contributed by atoms with Gasteiger partial charge in [0.15, 0.2) is 5.15 Å². The molecule has 0 unspecified atom stereocenters. The molecule has 27 heavy (non-hydrogen) atoms.